The smallest absolute Gasteiger partial charge is 0.331 e. The van der Waals surface area contributed by atoms with Crippen LogP contribution in [0.3, 0.4) is 0 Å². The van der Waals surface area contributed by atoms with E-state index in [1.165, 1.54) is 11.8 Å². The number of carbonyl (C=O) groups is 3. The highest BCUT2D eigenvalue weighted by Gasteiger charge is 2.30. The summed E-state index contributed by atoms with van der Waals surface area (Å²) in [7, 11) is 1.62. The summed E-state index contributed by atoms with van der Waals surface area (Å²) in [6, 6.07) is 9.01. The highest BCUT2D eigenvalue weighted by molar-refractivity contribution is 5.91. The zero-order chi connectivity index (χ0) is 24.4. The lowest BCUT2D eigenvalue weighted by molar-refractivity contribution is -0.135. The van der Waals surface area contributed by atoms with Crippen molar-refractivity contribution in [3.63, 3.8) is 0 Å². The average Bonchev–Trinajstić information content (AvgIpc) is 2.68. The Morgan fingerprint density at radius 3 is 1.97 bits per heavy atom. The molecule has 0 aromatic heterocycles. The molecule has 0 unspecified atom stereocenters. The minimum Gasteiger partial charge on any atom is -0.478 e. The number of likely N-dealkylation sites (N-methyl/N-ethyl adjacent to an activating group) is 1. The summed E-state index contributed by atoms with van der Waals surface area (Å²) >= 11 is 0. The molecule has 174 valence electrons. The van der Waals surface area contributed by atoms with Crippen molar-refractivity contribution in [3.05, 3.63) is 47.5 Å². The molecule has 6 nitrogen and oxygen atoms in total. The van der Waals surface area contributed by atoms with E-state index in [1.54, 1.807) is 13.1 Å². The standard InChI is InChI=1S/C21H30N2O4.C4H10/c1-14(2)17(12-15(3)19(25)26)23(6)18(24)13-22-20(27)21(4,5)16-10-8-7-9-11-16;1-4(2)3/h7-12,14,17H,13H2,1-6H3,(H,22,27)(H,25,26);4H,1-3H3/b15-12+;/t17-;/m1./s1. The van der Waals surface area contributed by atoms with Crippen LogP contribution in [0.25, 0.3) is 0 Å². The minimum atomic E-state index is -1.01. The summed E-state index contributed by atoms with van der Waals surface area (Å²) in [5, 5.41) is 11.8. The molecule has 31 heavy (non-hydrogen) atoms. The lowest BCUT2D eigenvalue weighted by atomic mass is 9.84. The van der Waals surface area contributed by atoms with Crippen molar-refractivity contribution in [1.82, 2.24) is 10.2 Å². The number of nitrogens with zero attached hydrogens (tertiary/aromatic N) is 1. The van der Waals surface area contributed by atoms with Crippen LogP contribution in [0.1, 0.15) is 61.0 Å². The molecule has 6 heteroatoms. The first-order chi connectivity index (χ1) is 14.2. The van der Waals surface area contributed by atoms with Crippen molar-refractivity contribution >= 4 is 17.8 Å². The third-order valence-electron chi connectivity index (χ3n) is 4.75. The summed E-state index contributed by atoms with van der Waals surface area (Å²) in [5.41, 5.74) is 0.281. The van der Waals surface area contributed by atoms with Crippen LogP contribution in [0.15, 0.2) is 42.0 Å². The number of aliphatic carboxylic acids is 1. The van der Waals surface area contributed by atoms with E-state index >= 15 is 0 Å². The van der Waals surface area contributed by atoms with Gasteiger partial charge >= 0.3 is 5.97 Å². The summed E-state index contributed by atoms with van der Waals surface area (Å²) < 4.78 is 0. The Labute approximate surface area is 187 Å². The number of amides is 2. The molecule has 0 saturated carbocycles. The molecule has 0 bridgehead atoms. The largest absolute Gasteiger partial charge is 0.478 e. The number of hydrogen-bond acceptors (Lipinski definition) is 3. The number of benzene rings is 1. The van der Waals surface area contributed by atoms with Crippen molar-refractivity contribution in [2.75, 3.05) is 13.6 Å². The van der Waals surface area contributed by atoms with Crippen LogP contribution in [0.5, 0.6) is 0 Å². The molecule has 1 aromatic rings. The number of nitrogens with one attached hydrogen (secondary N) is 1. The summed E-state index contributed by atoms with van der Waals surface area (Å²) in [5.74, 6) is -0.668. The molecule has 1 rings (SSSR count). The van der Waals surface area contributed by atoms with Crippen LogP contribution in [0, 0.1) is 11.8 Å². The zero-order valence-electron chi connectivity index (χ0n) is 20.5. The number of carboxylic acids is 1. The highest BCUT2D eigenvalue weighted by atomic mass is 16.4. The van der Waals surface area contributed by atoms with E-state index in [2.05, 4.69) is 26.1 Å². The molecule has 0 heterocycles. The maximum atomic E-state index is 12.6. The zero-order valence-corrected chi connectivity index (χ0v) is 20.5. The van der Waals surface area contributed by atoms with Crippen LogP contribution in [-0.4, -0.2) is 47.4 Å². The van der Waals surface area contributed by atoms with Gasteiger partial charge in [0.25, 0.3) is 0 Å². The van der Waals surface area contributed by atoms with Crippen molar-refractivity contribution in [3.8, 4) is 0 Å². The number of hydrogen-bond donors (Lipinski definition) is 2. The van der Waals surface area contributed by atoms with Gasteiger partial charge in [0, 0.05) is 12.6 Å². The summed E-state index contributed by atoms with van der Waals surface area (Å²) in [6.45, 7) is 15.3. The predicted molar refractivity (Wildman–Crippen MR) is 126 cm³/mol. The first kappa shape index (κ1) is 28.4. The molecule has 0 aliphatic heterocycles. The fourth-order valence-electron chi connectivity index (χ4n) is 2.73. The molecule has 0 aliphatic rings. The second-order valence-corrected chi connectivity index (χ2v) is 9.30. The van der Waals surface area contributed by atoms with Gasteiger partial charge in [-0.25, -0.2) is 4.79 Å². The SMILES string of the molecule is C/C(=C\[C@H](C(C)C)N(C)C(=O)CNC(=O)C(C)(C)c1ccccc1)C(=O)O.CC(C)C. The van der Waals surface area contributed by atoms with E-state index in [0.717, 1.165) is 11.5 Å². The van der Waals surface area contributed by atoms with Crippen LogP contribution in [-0.2, 0) is 19.8 Å². The molecule has 0 spiro atoms. The molecule has 0 saturated heterocycles. The molecular formula is C25H40N2O4. The van der Waals surface area contributed by atoms with Gasteiger partial charge in [0.05, 0.1) is 18.0 Å². The van der Waals surface area contributed by atoms with Crippen LogP contribution in [0.4, 0.5) is 0 Å². The number of carboxylic acid groups (broad SMARTS) is 1. The predicted octanol–water partition coefficient (Wildman–Crippen LogP) is 4.26. The first-order valence-corrected chi connectivity index (χ1v) is 10.7. The van der Waals surface area contributed by atoms with Gasteiger partial charge in [-0.15, -0.1) is 0 Å². The summed E-state index contributed by atoms with van der Waals surface area (Å²) in [4.78, 5) is 37.7. The Morgan fingerprint density at radius 1 is 1.06 bits per heavy atom. The van der Waals surface area contributed by atoms with E-state index in [4.69, 9.17) is 5.11 Å². The fourth-order valence-corrected chi connectivity index (χ4v) is 2.73. The first-order valence-electron chi connectivity index (χ1n) is 10.7. The number of rotatable bonds is 8. The highest BCUT2D eigenvalue weighted by Crippen LogP contribution is 2.23. The minimum absolute atomic E-state index is 0.0321. The van der Waals surface area contributed by atoms with Gasteiger partial charge in [0.1, 0.15) is 0 Å². The maximum Gasteiger partial charge on any atom is 0.331 e. The van der Waals surface area contributed by atoms with Crippen LogP contribution in [0.2, 0.25) is 0 Å². The molecule has 2 N–H and O–H groups in total. The Morgan fingerprint density at radius 2 is 1.55 bits per heavy atom. The lowest BCUT2D eigenvalue weighted by Gasteiger charge is -2.30. The van der Waals surface area contributed by atoms with Gasteiger partial charge in [0.2, 0.25) is 11.8 Å². The molecule has 0 aliphatic carbocycles. The topological polar surface area (TPSA) is 86.7 Å². The van der Waals surface area contributed by atoms with Crippen molar-refractivity contribution in [2.24, 2.45) is 11.8 Å². The molecular weight excluding hydrogens is 392 g/mol. The molecule has 0 fully saturated rings. The van der Waals surface area contributed by atoms with E-state index in [9.17, 15) is 14.4 Å². The second-order valence-electron chi connectivity index (χ2n) is 9.30. The molecule has 1 aromatic carbocycles. The van der Waals surface area contributed by atoms with Gasteiger partial charge in [-0.05, 0) is 38.2 Å². The van der Waals surface area contributed by atoms with Crippen molar-refractivity contribution in [1.29, 1.82) is 0 Å². The molecule has 0 radical (unpaired) electrons. The molecule has 2 amide bonds. The Bertz CT molecular complexity index is 749. The van der Waals surface area contributed by atoms with Gasteiger partial charge < -0.3 is 15.3 Å². The van der Waals surface area contributed by atoms with Gasteiger partial charge in [-0.2, -0.15) is 0 Å². The third-order valence-corrected chi connectivity index (χ3v) is 4.75. The third kappa shape index (κ3) is 9.81. The van der Waals surface area contributed by atoms with Crippen molar-refractivity contribution < 1.29 is 19.5 Å². The lowest BCUT2D eigenvalue weighted by Crippen LogP contribution is -2.48. The summed E-state index contributed by atoms with van der Waals surface area (Å²) in [6.07, 6.45) is 1.57. The molecule has 1 atom stereocenters. The number of carbonyl (C=O) groups excluding carboxylic acids is 2. The van der Waals surface area contributed by atoms with E-state index in [1.807, 2.05) is 58.0 Å². The Hall–Kier alpha value is -2.63. The van der Waals surface area contributed by atoms with E-state index in [-0.39, 0.29) is 35.9 Å². The van der Waals surface area contributed by atoms with Gasteiger partial charge in [-0.3, -0.25) is 9.59 Å². The van der Waals surface area contributed by atoms with E-state index < -0.39 is 11.4 Å². The average molecular weight is 433 g/mol. The Balaban J connectivity index is 0.00000206. The second kappa shape index (κ2) is 12.9. The van der Waals surface area contributed by atoms with Crippen LogP contribution < -0.4 is 5.32 Å². The fraction of sp³-hybridized carbons (Fsp3) is 0.560. The maximum absolute atomic E-state index is 12.6. The van der Waals surface area contributed by atoms with Gasteiger partial charge in [-0.1, -0.05) is 71.0 Å². The van der Waals surface area contributed by atoms with Gasteiger partial charge in [0.15, 0.2) is 0 Å². The Kier molecular flexibility index (Phi) is 11.8. The normalized spacial score (nSPS) is 12.7. The van der Waals surface area contributed by atoms with Crippen LogP contribution >= 0.6 is 0 Å². The van der Waals surface area contributed by atoms with Crippen molar-refractivity contribution in [2.45, 2.75) is 66.8 Å². The quantitative estimate of drug-likeness (QED) is 0.601. The van der Waals surface area contributed by atoms with E-state index in [0.29, 0.717) is 0 Å². The monoisotopic (exact) mass is 432 g/mol.